The molecule has 2 aromatic rings. The number of hydrogen-bond donors (Lipinski definition) is 1. The summed E-state index contributed by atoms with van der Waals surface area (Å²) in [5, 5.41) is 8.57. The number of hydrogen-bond acceptors (Lipinski definition) is 5. The second-order valence-corrected chi connectivity index (χ2v) is 6.05. The topological polar surface area (TPSA) is 72.8 Å². The maximum absolute atomic E-state index is 11.7. The largest absolute Gasteiger partial charge is 0.482 e. The Bertz CT molecular complexity index is 697. The molecule has 0 bridgehead atoms. The number of aryl methyl sites for hydroxylation is 1. The smallest absolute Gasteiger partial charge is 0.341 e. The minimum absolute atomic E-state index is 0.335. The number of ether oxygens (including phenoxy) is 2. The third-order valence-electron chi connectivity index (χ3n) is 3.23. The molecule has 5 nitrogen and oxygen atoms in total. The first kappa shape index (κ1) is 17.9. The molecule has 24 heavy (non-hydrogen) atoms. The number of rotatable bonds is 8. The average Bonchev–Trinajstić information content (AvgIpc) is 2.60. The van der Waals surface area contributed by atoms with E-state index in [-0.39, 0.29) is 12.6 Å². The minimum atomic E-state index is -1.00. The Labute approximate surface area is 144 Å². The van der Waals surface area contributed by atoms with Gasteiger partial charge in [0.2, 0.25) is 0 Å². The lowest BCUT2D eigenvalue weighted by Crippen LogP contribution is -2.09. The number of esters is 1. The number of carboxylic acids is 1. The third kappa shape index (κ3) is 5.31. The van der Waals surface area contributed by atoms with Crippen LogP contribution in [-0.2, 0) is 16.0 Å². The summed E-state index contributed by atoms with van der Waals surface area (Å²) in [6.07, 6.45) is 0.819. The lowest BCUT2D eigenvalue weighted by Gasteiger charge is -2.08. The van der Waals surface area contributed by atoms with Crippen LogP contribution in [0.3, 0.4) is 0 Å². The molecule has 0 unspecified atom stereocenters. The van der Waals surface area contributed by atoms with E-state index in [4.69, 9.17) is 14.6 Å². The molecule has 0 atom stereocenters. The van der Waals surface area contributed by atoms with Crippen LogP contribution in [0, 0.1) is 0 Å². The van der Waals surface area contributed by atoms with Crippen molar-refractivity contribution in [2.24, 2.45) is 0 Å². The second kappa shape index (κ2) is 8.98. The molecule has 126 valence electrons. The van der Waals surface area contributed by atoms with Gasteiger partial charge in [0.1, 0.15) is 5.75 Å². The third-order valence-corrected chi connectivity index (χ3v) is 4.30. The first-order valence-electron chi connectivity index (χ1n) is 7.34. The Morgan fingerprint density at radius 2 is 1.79 bits per heavy atom. The summed E-state index contributed by atoms with van der Waals surface area (Å²) < 4.78 is 9.88. The van der Waals surface area contributed by atoms with Crippen LogP contribution in [0.25, 0.3) is 0 Å². The molecule has 0 saturated heterocycles. The molecule has 6 heteroatoms. The highest BCUT2D eigenvalue weighted by Gasteiger charge is 2.11. The number of benzene rings is 2. The van der Waals surface area contributed by atoms with Crippen molar-refractivity contribution in [1.82, 2.24) is 0 Å². The van der Waals surface area contributed by atoms with E-state index in [0.717, 1.165) is 22.6 Å². The number of carbonyl (C=O) groups is 2. The molecular weight excluding hydrogens is 328 g/mol. The predicted octanol–water partition coefficient (Wildman–Crippen LogP) is 3.27. The van der Waals surface area contributed by atoms with Crippen LogP contribution in [0.4, 0.5) is 0 Å². The van der Waals surface area contributed by atoms with Crippen LogP contribution >= 0.6 is 11.8 Å². The van der Waals surface area contributed by atoms with E-state index >= 15 is 0 Å². The molecule has 0 radical (unpaired) electrons. The van der Waals surface area contributed by atoms with Crippen LogP contribution in [0.5, 0.6) is 5.75 Å². The zero-order valence-corrected chi connectivity index (χ0v) is 14.0. The monoisotopic (exact) mass is 346 g/mol. The Balaban J connectivity index is 1.88. The van der Waals surface area contributed by atoms with E-state index < -0.39 is 5.97 Å². The summed E-state index contributed by atoms with van der Waals surface area (Å²) in [5.74, 6) is 0.00574. The molecule has 0 aromatic heterocycles. The second-order valence-electron chi connectivity index (χ2n) is 4.91. The molecule has 0 amide bonds. The van der Waals surface area contributed by atoms with Gasteiger partial charge >= 0.3 is 11.9 Å². The lowest BCUT2D eigenvalue weighted by atomic mass is 10.2. The first-order valence-corrected chi connectivity index (χ1v) is 8.32. The minimum Gasteiger partial charge on any atom is -0.482 e. The highest BCUT2D eigenvalue weighted by atomic mass is 32.2. The van der Waals surface area contributed by atoms with Gasteiger partial charge in [0.05, 0.1) is 12.7 Å². The highest BCUT2D eigenvalue weighted by Crippen LogP contribution is 2.24. The van der Waals surface area contributed by atoms with Gasteiger partial charge in [-0.3, -0.25) is 0 Å². The summed E-state index contributed by atoms with van der Waals surface area (Å²) in [5.41, 5.74) is 1.68. The molecule has 0 aliphatic carbocycles. The fraction of sp³-hybridized carbons (Fsp3) is 0.222. The van der Waals surface area contributed by atoms with Crippen LogP contribution in [0.15, 0.2) is 53.4 Å². The Morgan fingerprint density at radius 1 is 1.08 bits per heavy atom. The van der Waals surface area contributed by atoms with Crippen molar-refractivity contribution in [2.45, 2.75) is 11.3 Å². The molecule has 0 fully saturated rings. The van der Waals surface area contributed by atoms with E-state index in [1.54, 1.807) is 30.0 Å². The maximum Gasteiger partial charge on any atom is 0.341 e. The van der Waals surface area contributed by atoms with E-state index in [1.807, 2.05) is 30.3 Å². The van der Waals surface area contributed by atoms with E-state index in [1.165, 1.54) is 7.11 Å². The van der Waals surface area contributed by atoms with Crippen molar-refractivity contribution < 1.29 is 24.2 Å². The summed E-state index contributed by atoms with van der Waals surface area (Å²) in [6, 6.07) is 14.7. The van der Waals surface area contributed by atoms with Crippen molar-refractivity contribution in [3.8, 4) is 5.75 Å². The summed E-state index contributed by atoms with van der Waals surface area (Å²) in [6.45, 7) is -0.348. The normalized spacial score (nSPS) is 10.2. The number of carboxylic acid groups (broad SMARTS) is 1. The van der Waals surface area contributed by atoms with Crippen molar-refractivity contribution in [3.63, 3.8) is 0 Å². The van der Waals surface area contributed by atoms with E-state index in [0.29, 0.717) is 11.3 Å². The Morgan fingerprint density at radius 3 is 2.46 bits per heavy atom. The SMILES string of the molecule is COC(=O)c1ccccc1SCCc1ccc(OCC(=O)O)cc1. The Hall–Kier alpha value is -2.47. The highest BCUT2D eigenvalue weighted by molar-refractivity contribution is 7.99. The summed E-state index contributed by atoms with van der Waals surface area (Å²) in [4.78, 5) is 23.1. The van der Waals surface area contributed by atoms with E-state index in [2.05, 4.69) is 0 Å². The van der Waals surface area contributed by atoms with Crippen molar-refractivity contribution in [1.29, 1.82) is 0 Å². The fourth-order valence-corrected chi connectivity index (χ4v) is 3.09. The van der Waals surface area contributed by atoms with Gasteiger partial charge < -0.3 is 14.6 Å². The van der Waals surface area contributed by atoms with Crippen molar-refractivity contribution in [3.05, 3.63) is 59.7 Å². The maximum atomic E-state index is 11.7. The number of thioether (sulfide) groups is 1. The van der Waals surface area contributed by atoms with Crippen molar-refractivity contribution in [2.75, 3.05) is 19.5 Å². The van der Waals surface area contributed by atoms with Gasteiger partial charge in [-0.2, -0.15) is 0 Å². The van der Waals surface area contributed by atoms with Crippen LogP contribution in [-0.4, -0.2) is 36.5 Å². The molecule has 0 spiro atoms. The molecular formula is C18H18O5S. The Kier molecular flexibility index (Phi) is 6.69. The van der Waals surface area contributed by atoms with Crippen LogP contribution in [0.2, 0.25) is 0 Å². The summed E-state index contributed by atoms with van der Waals surface area (Å²) >= 11 is 1.59. The molecule has 0 aliphatic rings. The van der Waals surface area contributed by atoms with Gasteiger partial charge in [0, 0.05) is 10.6 Å². The molecule has 0 aliphatic heterocycles. The van der Waals surface area contributed by atoms with Gasteiger partial charge in [-0.25, -0.2) is 9.59 Å². The van der Waals surface area contributed by atoms with Gasteiger partial charge in [-0.05, 0) is 36.2 Å². The summed E-state index contributed by atoms with van der Waals surface area (Å²) in [7, 11) is 1.37. The number of methoxy groups -OCH3 is 1. The van der Waals surface area contributed by atoms with Crippen LogP contribution < -0.4 is 4.74 Å². The fourth-order valence-electron chi connectivity index (χ4n) is 2.05. The quantitative estimate of drug-likeness (QED) is 0.584. The molecule has 0 saturated carbocycles. The predicted molar refractivity (Wildman–Crippen MR) is 91.8 cm³/mol. The standard InChI is InChI=1S/C18H18O5S/c1-22-18(21)15-4-2-3-5-16(15)24-11-10-13-6-8-14(9-7-13)23-12-17(19)20/h2-9H,10-12H2,1H3,(H,19,20). The molecule has 0 heterocycles. The van der Waals surface area contributed by atoms with Gasteiger partial charge in [-0.15, -0.1) is 11.8 Å². The van der Waals surface area contributed by atoms with E-state index in [9.17, 15) is 9.59 Å². The van der Waals surface area contributed by atoms with Gasteiger partial charge in [-0.1, -0.05) is 24.3 Å². The van der Waals surface area contributed by atoms with Gasteiger partial charge in [0.25, 0.3) is 0 Å². The molecule has 2 rings (SSSR count). The lowest BCUT2D eigenvalue weighted by molar-refractivity contribution is -0.139. The number of carbonyl (C=O) groups excluding carboxylic acids is 1. The average molecular weight is 346 g/mol. The molecule has 1 N–H and O–H groups in total. The number of aliphatic carboxylic acids is 1. The zero-order chi connectivity index (χ0) is 17.4. The molecule has 2 aromatic carbocycles. The van der Waals surface area contributed by atoms with Gasteiger partial charge in [0.15, 0.2) is 6.61 Å². The zero-order valence-electron chi connectivity index (χ0n) is 13.2. The van der Waals surface area contributed by atoms with Crippen LogP contribution in [0.1, 0.15) is 15.9 Å². The van der Waals surface area contributed by atoms with Crippen molar-refractivity contribution >= 4 is 23.7 Å². The first-order chi connectivity index (χ1) is 11.6.